The molecule has 0 fully saturated rings. The lowest BCUT2D eigenvalue weighted by Gasteiger charge is -2.14. The van der Waals surface area contributed by atoms with Gasteiger partial charge in [0.2, 0.25) is 5.88 Å². The van der Waals surface area contributed by atoms with Gasteiger partial charge in [-0.25, -0.2) is 0 Å². The number of fused-ring (bicyclic) bond motifs is 1. The topological polar surface area (TPSA) is 60.4 Å². The summed E-state index contributed by atoms with van der Waals surface area (Å²) in [6.07, 6.45) is 0.568. The number of hydrogen-bond acceptors (Lipinski definition) is 3. The second-order valence-electron chi connectivity index (χ2n) is 6.31. The van der Waals surface area contributed by atoms with Crippen molar-refractivity contribution in [2.24, 2.45) is 12.8 Å². The van der Waals surface area contributed by atoms with Gasteiger partial charge in [0.05, 0.1) is 12.1 Å². The SMILES string of the molecule is Cc1cccc(Oc2c(CC(N)CO)c3ccccc3n2C)c1C.Cl. The first kappa shape index (κ1) is 19.3. The van der Waals surface area contributed by atoms with E-state index in [4.69, 9.17) is 10.5 Å². The number of hydrogen-bond donors (Lipinski definition) is 2. The van der Waals surface area contributed by atoms with E-state index in [1.54, 1.807) is 0 Å². The van der Waals surface area contributed by atoms with Crippen molar-refractivity contribution in [3.05, 3.63) is 59.2 Å². The fraction of sp³-hybridized carbons (Fsp3) is 0.300. The van der Waals surface area contributed by atoms with Gasteiger partial charge in [0.15, 0.2) is 0 Å². The molecule has 3 aromatic rings. The van der Waals surface area contributed by atoms with Crippen molar-refractivity contribution in [1.82, 2.24) is 4.57 Å². The van der Waals surface area contributed by atoms with Crippen molar-refractivity contribution in [2.75, 3.05) is 6.61 Å². The lowest BCUT2D eigenvalue weighted by atomic mass is 10.1. The van der Waals surface area contributed by atoms with Crippen LogP contribution in [-0.2, 0) is 13.5 Å². The van der Waals surface area contributed by atoms with Gasteiger partial charge in [0.1, 0.15) is 5.75 Å². The van der Waals surface area contributed by atoms with Crippen LogP contribution < -0.4 is 10.5 Å². The summed E-state index contributed by atoms with van der Waals surface area (Å²) in [5.41, 5.74) is 10.5. The van der Waals surface area contributed by atoms with Crippen molar-refractivity contribution >= 4 is 23.3 Å². The molecular formula is C20H25ClN2O2. The molecule has 0 radical (unpaired) electrons. The summed E-state index contributed by atoms with van der Waals surface area (Å²) in [6.45, 7) is 4.09. The number of para-hydroxylation sites is 1. The summed E-state index contributed by atoms with van der Waals surface area (Å²) in [4.78, 5) is 0. The van der Waals surface area contributed by atoms with Gasteiger partial charge >= 0.3 is 0 Å². The van der Waals surface area contributed by atoms with Crippen molar-refractivity contribution in [1.29, 1.82) is 0 Å². The van der Waals surface area contributed by atoms with Crippen LogP contribution in [0.2, 0.25) is 0 Å². The molecule has 1 aromatic heterocycles. The second kappa shape index (κ2) is 7.91. The average molecular weight is 361 g/mol. The van der Waals surface area contributed by atoms with Crippen LogP contribution in [-0.4, -0.2) is 22.3 Å². The first-order valence-corrected chi connectivity index (χ1v) is 8.19. The van der Waals surface area contributed by atoms with Crippen LogP contribution in [0.3, 0.4) is 0 Å². The smallest absolute Gasteiger partial charge is 0.204 e. The minimum atomic E-state index is -0.309. The van der Waals surface area contributed by atoms with Gasteiger partial charge in [-0.05, 0) is 43.5 Å². The van der Waals surface area contributed by atoms with Crippen LogP contribution in [0.1, 0.15) is 16.7 Å². The zero-order valence-corrected chi connectivity index (χ0v) is 15.6. The summed E-state index contributed by atoms with van der Waals surface area (Å²) in [5, 5.41) is 10.5. The third-order valence-corrected chi connectivity index (χ3v) is 4.62. The fourth-order valence-electron chi connectivity index (χ4n) is 3.04. The van der Waals surface area contributed by atoms with Gasteiger partial charge in [-0.1, -0.05) is 30.3 Å². The molecule has 1 unspecified atom stereocenters. The van der Waals surface area contributed by atoms with E-state index in [0.717, 1.165) is 33.7 Å². The standard InChI is InChI=1S/C20H24N2O2.ClH/c1-13-7-6-10-19(14(13)2)24-20-17(11-15(21)12-23)16-8-4-5-9-18(16)22(20)3;/h4-10,15,23H,11-12,21H2,1-3H3;1H. The van der Waals surface area contributed by atoms with Gasteiger partial charge in [-0.3, -0.25) is 0 Å². The summed E-state index contributed by atoms with van der Waals surface area (Å²) >= 11 is 0. The molecule has 2 aromatic carbocycles. The van der Waals surface area contributed by atoms with E-state index in [0.29, 0.717) is 6.42 Å². The third kappa shape index (κ3) is 3.66. The maximum absolute atomic E-state index is 9.36. The molecule has 0 aliphatic rings. The number of aliphatic hydroxyl groups excluding tert-OH is 1. The fourth-order valence-corrected chi connectivity index (χ4v) is 3.04. The lowest BCUT2D eigenvalue weighted by molar-refractivity contribution is 0.264. The molecule has 0 aliphatic carbocycles. The summed E-state index contributed by atoms with van der Waals surface area (Å²) in [7, 11) is 2.00. The van der Waals surface area contributed by atoms with Crippen LogP contribution in [0.4, 0.5) is 0 Å². The normalized spacial score (nSPS) is 12.0. The first-order chi connectivity index (χ1) is 11.5. The zero-order chi connectivity index (χ0) is 17.3. The molecule has 134 valence electrons. The average Bonchev–Trinajstić information content (AvgIpc) is 2.85. The Balaban J connectivity index is 0.00000225. The quantitative estimate of drug-likeness (QED) is 0.726. The Morgan fingerprint density at radius 3 is 2.56 bits per heavy atom. The number of nitrogens with zero attached hydrogens (tertiary/aromatic N) is 1. The molecule has 4 nitrogen and oxygen atoms in total. The predicted molar refractivity (Wildman–Crippen MR) is 105 cm³/mol. The van der Waals surface area contributed by atoms with Gasteiger partial charge < -0.3 is 20.1 Å². The summed E-state index contributed by atoms with van der Waals surface area (Å²) in [6, 6.07) is 13.9. The highest BCUT2D eigenvalue weighted by Gasteiger charge is 2.19. The van der Waals surface area contributed by atoms with E-state index in [9.17, 15) is 5.11 Å². The van der Waals surface area contributed by atoms with Gasteiger partial charge in [-0.15, -0.1) is 12.4 Å². The van der Waals surface area contributed by atoms with E-state index >= 15 is 0 Å². The van der Waals surface area contributed by atoms with Crippen molar-refractivity contribution in [2.45, 2.75) is 26.3 Å². The Bertz CT molecular complexity index is 874. The molecular weight excluding hydrogens is 336 g/mol. The second-order valence-corrected chi connectivity index (χ2v) is 6.31. The van der Waals surface area contributed by atoms with Crippen LogP contribution in [0.15, 0.2) is 42.5 Å². The highest BCUT2D eigenvalue weighted by atomic mass is 35.5. The number of ether oxygens (including phenoxy) is 1. The molecule has 1 atom stereocenters. The van der Waals surface area contributed by atoms with Gasteiger partial charge in [0.25, 0.3) is 0 Å². The molecule has 5 heteroatoms. The molecule has 3 N–H and O–H groups in total. The molecule has 25 heavy (non-hydrogen) atoms. The highest BCUT2D eigenvalue weighted by Crippen LogP contribution is 2.36. The van der Waals surface area contributed by atoms with E-state index in [2.05, 4.69) is 36.6 Å². The summed E-state index contributed by atoms with van der Waals surface area (Å²) < 4.78 is 8.36. The molecule has 0 aliphatic heterocycles. The Hall–Kier alpha value is -2.01. The zero-order valence-electron chi connectivity index (χ0n) is 14.8. The summed E-state index contributed by atoms with van der Waals surface area (Å²) in [5.74, 6) is 1.63. The molecule has 0 saturated carbocycles. The van der Waals surface area contributed by atoms with Crippen molar-refractivity contribution in [3.8, 4) is 11.6 Å². The number of aryl methyl sites for hydroxylation is 2. The Labute approximate surface area is 154 Å². The minimum absolute atomic E-state index is 0. The molecule has 0 saturated heterocycles. The third-order valence-electron chi connectivity index (χ3n) is 4.62. The van der Waals surface area contributed by atoms with Crippen LogP contribution in [0.25, 0.3) is 10.9 Å². The number of aliphatic hydroxyl groups is 1. The Kier molecular flexibility index (Phi) is 6.11. The van der Waals surface area contributed by atoms with Crippen LogP contribution in [0.5, 0.6) is 11.6 Å². The minimum Gasteiger partial charge on any atom is -0.440 e. The predicted octanol–water partition coefficient (Wildman–Crippen LogP) is 3.87. The van der Waals surface area contributed by atoms with Crippen molar-refractivity contribution < 1.29 is 9.84 Å². The van der Waals surface area contributed by atoms with Gasteiger partial charge in [0, 0.05) is 24.0 Å². The number of aromatic nitrogens is 1. The maximum Gasteiger partial charge on any atom is 0.204 e. The van der Waals surface area contributed by atoms with E-state index < -0.39 is 0 Å². The molecule has 1 heterocycles. The highest BCUT2D eigenvalue weighted by molar-refractivity contribution is 5.87. The number of nitrogens with two attached hydrogens (primary N) is 1. The largest absolute Gasteiger partial charge is 0.440 e. The number of halogens is 1. The van der Waals surface area contributed by atoms with Gasteiger partial charge in [-0.2, -0.15) is 0 Å². The van der Waals surface area contributed by atoms with E-state index in [-0.39, 0.29) is 25.1 Å². The number of rotatable bonds is 5. The van der Waals surface area contributed by atoms with E-state index in [1.165, 1.54) is 5.56 Å². The Morgan fingerprint density at radius 1 is 1.12 bits per heavy atom. The van der Waals surface area contributed by atoms with Crippen LogP contribution >= 0.6 is 12.4 Å². The molecule has 0 bridgehead atoms. The maximum atomic E-state index is 9.36. The van der Waals surface area contributed by atoms with E-state index in [1.807, 2.05) is 31.3 Å². The molecule has 3 rings (SSSR count). The number of benzene rings is 2. The first-order valence-electron chi connectivity index (χ1n) is 8.19. The lowest BCUT2D eigenvalue weighted by Crippen LogP contribution is -2.26. The Morgan fingerprint density at radius 2 is 1.84 bits per heavy atom. The van der Waals surface area contributed by atoms with Crippen LogP contribution in [0, 0.1) is 13.8 Å². The molecule has 0 spiro atoms. The van der Waals surface area contributed by atoms with Crippen molar-refractivity contribution in [3.63, 3.8) is 0 Å². The monoisotopic (exact) mass is 360 g/mol. The molecule has 0 amide bonds.